The zero-order chi connectivity index (χ0) is 11.2. The molecule has 0 aliphatic rings. The molecule has 0 aromatic rings. The van der Waals surface area contributed by atoms with E-state index in [1.807, 2.05) is 6.92 Å². The maximum absolute atomic E-state index is 11.2. The molecule has 0 rings (SSSR count). The number of carbonyl (C=O) groups is 1. The van der Waals surface area contributed by atoms with Crippen LogP contribution in [0.3, 0.4) is 0 Å². The first kappa shape index (κ1) is 13.4. The number of rotatable bonds is 6. The molecule has 0 saturated carbocycles. The molecule has 0 fully saturated rings. The minimum absolute atomic E-state index is 0.500. The third-order valence-electron chi connectivity index (χ3n) is 1.70. The summed E-state index contributed by atoms with van der Waals surface area (Å²) in [5.41, 5.74) is 0. The van der Waals surface area contributed by atoms with Crippen LogP contribution in [0.5, 0.6) is 0 Å². The van der Waals surface area contributed by atoms with E-state index in [-0.39, 0.29) is 0 Å². The highest BCUT2D eigenvalue weighted by molar-refractivity contribution is 7.87. The summed E-state index contributed by atoms with van der Waals surface area (Å²) in [6.07, 6.45) is 2.21. The highest BCUT2D eigenvalue weighted by atomic mass is 32.2. The molecule has 0 saturated heterocycles. The van der Waals surface area contributed by atoms with Crippen molar-refractivity contribution in [3.63, 3.8) is 0 Å². The van der Waals surface area contributed by atoms with Gasteiger partial charge < -0.3 is 0 Å². The Morgan fingerprint density at radius 2 is 2.00 bits per heavy atom. The maximum Gasteiger partial charge on any atom is 0.340 e. The van der Waals surface area contributed by atoms with E-state index in [1.54, 1.807) is 0 Å². The largest absolute Gasteiger partial charge is 0.340 e. The van der Waals surface area contributed by atoms with Gasteiger partial charge in [0.05, 0.1) is 5.25 Å². The SMILES string of the molecule is CCCCC(C)S(=O)(=O)OOC(C)=O. The first-order valence-electron chi connectivity index (χ1n) is 4.50. The van der Waals surface area contributed by atoms with Gasteiger partial charge in [0, 0.05) is 6.92 Å². The molecule has 0 bridgehead atoms. The van der Waals surface area contributed by atoms with E-state index in [1.165, 1.54) is 6.92 Å². The molecule has 1 atom stereocenters. The maximum atomic E-state index is 11.2. The van der Waals surface area contributed by atoms with Crippen molar-refractivity contribution < 1.29 is 22.4 Å². The monoisotopic (exact) mass is 224 g/mol. The van der Waals surface area contributed by atoms with Gasteiger partial charge in [-0.3, -0.25) is 4.89 Å². The topological polar surface area (TPSA) is 69.7 Å². The predicted octanol–water partition coefficient (Wildman–Crippen LogP) is 1.39. The Morgan fingerprint density at radius 3 is 2.43 bits per heavy atom. The zero-order valence-corrected chi connectivity index (χ0v) is 9.46. The molecule has 0 radical (unpaired) electrons. The van der Waals surface area contributed by atoms with Crippen molar-refractivity contribution in [3.8, 4) is 0 Å². The van der Waals surface area contributed by atoms with Crippen molar-refractivity contribution in [1.29, 1.82) is 0 Å². The molecule has 0 N–H and O–H groups in total. The first-order valence-corrected chi connectivity index (χ1v) is 5.97. The van der Waals surface area contributed by atoms with Crippen molar-refractivity contribution in [2.75, 3.05) is 0 Å². The fraction of sp³-hybridized carbons (Fsp3) is 0.875. The van der Waals surface area contributed by atoms with Crippen LogP contribution in [0.1, 0.15) is 40.0 Å². The zero-order valence-electron chi connectivity index (χ0n) is 8.65. The Balaban J connectivity index is 4.10. The summed E-state index contributed by atoms with van der Waals surface area (Å²) in [4.78, 5) is 14.3. The molecule has 14 heavy (non-hydrogen) atoms. The van der Waals surface area contributed by atoms with Gasteiger partial charge in [-0.15, -0.1) is 0 Å². The van der Waals surface area contributed by atoms with Crippen LogP contribution in [-0.2, 0) is 24.1 Å². The molecule has 0 aromatic carbocycles. The smallest absolute Gasteiger partial charge is 0.282 e. The van der Waals surface area contributed by atoms with Gasteiger partial charge in [-0.05, 0) is 13.3 Å². The van der Waals surface area contributed by atoms with Crippen molar-refractivity contribution in [3.05, 3.63) is 0 Å². The highest BCUT2D eigenvalue weighted by Crippen LogP contribution is 2.11. The average molecular weight is 224 g/mol. The fourth-order valence-corrected chi connectivity index (χ4v) is 1.58. The molecule has 0 amide bonds. The second-order valence-electron chi connectivity index (χ2n) is 3.09. The molecule has 5 nitrogen and oxygen atoms in total. The third-order valence-corrected chi connectivity index (χ3v) is 3.18. The Labute approximate surface area is 84.4 Å². The summed E-state index contributed by atoms with van der Waals surface area (Å²) in [5.74, 6) is -0.781. The summed E-state index contributed by atoms with van der Waals surface area (Å²) < 4.78 is 26.6. The van der Waals surface area contributed by atoms with Gasteiger partial charge in [-0.1, -0.05) is 24.1 Å². The second-order valence-corrected chi connectivity index (χ2v) is 5.02. The summed E-state index contributed by atoms with van der Waals surface area (Å²) in [7, 11) is -3.77. The summed E-state index contributed by atoms with van der Waals surface area (Å²) in [5, 5.41) is -0.651. The van der Waals surface area contributed by atoms with E-state index in [2.05, 4.69) is 9.22 Å². The number of unbranched alkanes of at least 4 members (excludes halogenated alkanes) is 1. The molecular formula is C8H16O5S. The van der Waals surface area contributed by atoms with Crippen LogP contribution in [0.2, 0.25) is 0 Å². The molecule has 0 aliphatic carbocycles. The van der Waals surface area contributed by atoms with Crippen LogP contribution >= 0.6 is 0 Å². The lowest BCUT2D eigenvalue weighted by Gasteiger charge is -2.09. The van der Waals surface area contributed by atoms with Gasteiger partial charge in [0.15, 0.2) is 0 Å². The quantitative estimate of drug-likeness (QED) is 0.503. The molecule has 6 heteroatoms. The van der Waals surface area contributed by atoms with E-state index in [0.29, 0.717) is 6.42 Å². The molecule has 84 valence electrons. The Kier molecular flexibility index (Phi) is 5.71. The molecule has 0 aliphatic heterocycles. The molecule has 0 aromatic heterocycles. The third kappa shape index (κ3) is 5.18. The van der Waals surface area contributed by atoms with Gasteiger partial charge in [0.1, 0.15) is 0 Å². The fourth-order valence-electron chi connectivity index (χ4n) is 0.798. The standard InChI is InChI=1S/C8H16O5S/c1-4-5-6-7(2)14(10,11)13-12-8(3)9/h7H,4-6H2,1-3H3. The van der Waals surface area contributed by atoms with Crippen LogP contribution in [0.4, 0.5) is 0 Å². The Morgan fingerprint density at radius 1 is 1.43 bits per heavy atom. The van der Waals surface area contributed by atoms with Crippen molar-refractivity contribution in [2.24, 2.45) is 0 Å². The lowest BCUT2D eigenvalue weighted by atomic mass is 10.2. The predicted molar refractivity (Wildman–Crippen MR) is 50.8 cm³/mol. The van der Waals surface area contributed by atoms with E-state index in [0.717, 1.165) is 19.8 Å². The molecule has 0 spiro atoms. The summed E-state index contributed by atoms with van der Waals surface area (Å²) in [6, 6.07) is 0. The van der Waals surface area contributed by atoms with Gasteiger partial charge in [-0.2, -0.15) is 8.42 Å². The van der Waals surface area contributed by atoms with Gasteiger partial charge in [0.2, 0.25) is 0 Å². The average Bonchev–Trinajstić information content (AvgIpc) is 2.11. The van der Waals surface area contributed by atoms with Crippen LogP contribution in [-0.4, -0.2) is 19.6 Å². The molecule has 0 heterocycles. The van der Waals surface area contributed by atoms with Gasteiger partial charge >= 0.3 is 16.1 Å². The number of carbonyl (C=O) groups excluding carboxylic acids is 1. The van der Waals surface area contributed by atoms with E-state index in [4.69, 9.17) is 0 Å². The van der Waals surface area contributed by atoms with E-state index >= 15 is 0 Å². The van der Waals surface area contributed by atoms with Gasteiger partial charge in [-0.25, -0.2) is 4.79 Å². The van der Waals surface area contributed by atoms with Crippen molar-refractivity contribution in [1.82, 2.24) is 0 Å². The van der Waals surface area contributed by atoms with Crippen LogP contribution in [0.15, 0.2) is 0 Å². The summed E-state index contributed by atoms with van der Waals surface area (Å²) >= 11 is 0. The first-order chi connectivity index (χ1) is 6.40. The number of hydrogen-bond acceptors (Lipinski definition) is 5. The minimum atomic E-state index is -3.77. The molecular weight excluding hydrogens is 208 g/mol. The van der Waals surface area contributed by atoms with Crippen molar-refractivity contribution >= 4 is 16.1 Å². The van der Waals surface area contributed by atoms with E-state index in [9.17, 15) is 13.2 Å². The number of hydrogen-bond donors (Lipinski definition) is 0. The van der Waals surface area contributed by atoms with Crippen LogP contribution in [0.25, 0.3) is 0 Å². The van der Waals surface area contributed by atoms with Crippen LogP contribution < -0.4 is 0 Å². The Hall–Kier alpha value is -0.620. The highest BCUT2D eigenvalue weighted by Gasteiger charge is 2.23. The second kappa shape index (κ2) is 5.98. The lowest BCUT2D eigenvalue weighted by Crippen LogP contribution is -2.21. The van der Waals surface area contributed by atoms with E-state index < -0.39 is 21.3 Å². The molecule has 1 unspecified atom stereocenters. The normalized spacial score (nSPS) is 13.6. The minimum Gasteiger partial charge on any atom is -0.282 e. The Bertz CT molecular complexity index is 269. The summed E-state index contributed by atoms with van der Waals surface area (Å²) in [6.45, 7) is 4.56. The van der Waals surface area contributed by atoms with Crippen molar-refractivity contribution in [2.45, 2.75) is 45.3 Å². The van der Waals surface area contributed by atoms with Gasteiger partial charge in [0.25, 0.3) is 0 Å². The lowest BCUT2D eigenvalue weighted by molar-refractivity contribution is -0.208. The van der Waals surface area contributed by atoms with Crippen LogP contribution in [0, 0.1) is 0 Å².